The molecule has 0 radical (unpaired) electrons. The Hall–Kier alpha value is -3.41. The van der Waals surface area contributed by atoms with Gasteiger partial charge in [0, 0.05) is 18.8 Å². The van der Waals surface area contributed by atoms with E-state index in [0.717, 1.165) is 19.3 Å². The molecule has 1 fully saturated rings. The van der Waals surface area contributed by atoms with Crippen LogP contribution in [0.15, 0.2) is 83.8 Å². The second kappa shape index (κ2) is 10.8. The molecule has 38 heavy (non-hydrogen) atoms. The monoisotopic (exact) mass is 555 g/mol. The molecule has 200 valence electrons. The van der Waals surface area contributed by atoms with Gasteiger partial charge in [0.2, 0.25) is 20.0 Å². The molecule has 2 heterocycles. The lowest BCUT2D eigenvalue weighted by Gasteiger charge is -2.34. The molecule has 9 nitrogen and oxygen atoms in total. The summed E-state index contributed by atoms with van der Waals surface area (Å²) in [4.78, 5) is 13.3. The Kier molecular flexibility index (Phi) is 7.42. The number of carbonyl (C=O) groups excluding carboxylic acids is 1. The van der Waals surface area contributed by atoms with Gasteiger partial charge in [-0.05, 0) is 54.8 Å². The van der Waals surface area contributed by atoms with Gasteiger partial charge in [-0.15, -0.1) is 0 Å². The highest BCUT2D eigenvalue weighted by molar-refractivity contribution is 7.92. The molecule has 3 aromatic rings. The van der Waals surface area contributed by atoms with E-state index in [2.05, 4.69) is 5.32 Å². The highest BCUT2D eigenvalue weighted by atomic mass is 32.2. The Morgan fingerprint density at radius 2 is 1.50 bits per heavy atom. The maximum atomic E-state index is 13.4. The molecule has 1 saturated heterocycles. The number of fused-ring (bicyclic) bond motifs is 1. The van der Waals surface area contributed by atoms with E-state index in [-0.39, 0.29) is 17.2 Å². The maximum absolute atomic E-state index is 13.4. The zero-order chi connectivity index (χ0) is 26.8. The smallest absolute Gasteiger partial charge is 0.267 e. The first-order valence-corrected chi connectivity index (χ1v) is 15.5. The number of nitrogens with zero attached hydrogens (tertiary/aromatic N) is 2. The molecule has 0 saturated carbocycles. The first kappa shape index (κ1) is 26.2. The number of hydrogen-bond acceptors (Lipinski definition) is 6. The van der Waals surface area contributed by atoms with Crippen LogP contribution in [0.3, 0.4) is 0 Å². The first-order chi connectivity index (χ1) is 18.2. The van der Waals surface area contributed by atoms with Crippen LogP contribution < -0.4 is 14.4 Å². The number of piperidine rings is 1. The number of benzene rings is 3. The lowest BCUT2D eigenvalue weighted by Crippen LogP contribution is -2.49. The zero-order valence-electron chi connectivity index (χ0n) is 20.7. The Bertz CT molecular complexity index is 1500. The number of nitrogens with one attached hydrogen (secondary N) is 1. The van der Waals surface area contributed by atoms with E-state index < -0.39 is 32.1 Å². The molecule has 2 aliphatic heterocycles. The molecule has 0 spiro atoms. The van der Waals surface area contributed by atoms with Crippen molar-refractivity contribution in [3.05, 3.63) is 84.4 Å². The van der Waals surface area contributed by atoms with E-state index in [1.165, 1.54) is 32.9 Å². The van der Waals surface area contributed by atoms with Crippen LogP contribution in [0.1, 0.15) is 24.8 Å². The maximum Gasteiger partial charge on any atom is 0.267 e. The lowest BCUT2D eigenvalue weighted by atomic mass is 10.2. The Labute approximate surface area is 223 Å². The molecule has 1 N–H and O–H groups in total. The highest BCUT2D eigenvalue weighted by Crippen LogP contribution is 2.36. The third-order valence-electron chi connectivity index (χ3n) is 6.63. The normalized spacial score (nSPS) is 18.3. The van der Waals surface area contributed by atoms with Gasteiger partial charge in [-0.25, -0.2) is 16.8 Å². The molecule has 0 aliphatic carbocycles. The summed E-state index contributed by atoms with van der Waals surface area (Å²) in [5.74, 6) is -0.465. The van der Waals surface area contributed by atoms with Gasteiger partial charge in [0.25, 0.3) is 5.91 Å². The topological polar surface area (TPSA) is 113 Å². The molecule has 3 aromatic carbocycles. The van der Waals surface area contributed by atoms with Crippen molar-refractivity contribution in [3.8, 4) is 5.75 Å². The second-order valence-corrected chi connectivity index (χ2v) is 13.2. The molecule has 0 unspecified atom stereocenters. The highest BCUT2D eigenvalue weighted by Gasteiger charge is 2.37. The van der Waals surface area contributed by atoms with Gasteiger partial charge in [0.1, 0.15) is 5.75 Å². The van der Waals surface area contributed by atoms with Crippen LogP contribution in [-0.2, 0) is 30.6 Å². The lowest BCUT2D eigenvalue weighted by molar-refractivity contribution is -0.122. The number of carbonyl (C=O) groups is 1. The van der Waals surface area contributed by atoms with Gasteiger partial charge in [-0.1, -0.05) is 48.9 Å². The fourth-order valence-electron chi connectivity index (χ4n) is 4.65. The summed E-state index contributed by atoms with van der Waals surface area (Å²) in [6.07, 6.45) is 1.61. The minimum absolute atomic E-state index is 0.165. The summed E-state index contributed by atoms with van der Waals surface area (Å²) in [5, 5.41) is 2.73. The minimum Gasteiger partial charge on any atom is -0.476 e. The van der Waals surface area contributed by atoms with Crippen molar-refractivity contribution in [1.82, 2.24) is 4.31 Å². The quantitative estimate of drug-likeness (QED) is 0.477. The number of rotatable bonds is 7. The standard InChI is InChI=1S/C27H29N3O6S2/c31-27(28-22-13-15-23(16-14-22)38(34,35)29-17-7-2-8-18-29)26-19-30(24-11-5-6-12-25(24)36-26)37(32,33)20-21-9-3-1-4-10-21/h1,3-6,9-16,26H,2,7-8,17-20H2,(H,28,31)/t26-/m0/s1. The summed E-state index contributed by atoms with van der Waals surface area (Å²) in [7, 11) is -7.41. The van der Waals surface area contributed by atoms with Crippen molar-refractivity contribution in [2.24, 2.45) is 0 Å². The molecule has 11 heteroatoms. The van der Waals surface area contributed by atoms with E-state index in [1.54, 1.807) is 48.5 Å². The number of para-hydroxylation sites is 2. The van der Waals surface area contributed by atoms with E-state index in [4.69, 9.17) is 4.74 Å². The third-order valence-corrected chi connectivity index (χ3v) is 10.3. The molecule has 0 aromatic heterocycles. The number of hydrogen-bond donors (Lipinski definition) is 1. The van der Waals surface area contributed by atoms with E-state index in [0.29, 0.717) is 35.8 Å². The summed E-state index contributed by atoms with van der Waals surface area (Å²) >= 11 is 0. The van der Waals surface area contributed by atoms with Gasteiger partial charge in [-0.2, -0.15) is 4.31 Å². The SMILES string of the molecule is O=C(Nc1ccc(S(=O)(=O)N2CCCCC2)cc1)[C@@H]1CN(S(=O)(=O)Cc2ccccc2)c2ccccc2O1. The van der Waals surface area contributed by atoms with Crippen LogP contribution in [0.2, 0.25) is 0 Å². The van der Waals surface area contributed by atoms with Crippen molar-refractivity contribution in [2.45, 2.75) is 36.0 Å². The zero-order valence-corrected chi connectivity index (χ0v) is 22.3. The minimum atomic E-state index is -3.82. The summed E-state index contributed by atoms with van der Waals surface area (Å²) in [6.45, 7) is 0.815. The molecule has 0 bridgehead atoms. The van der Waals surface area contributed by atoms with Gasteiger partial charge in [-0.3, -0.25) is 9.10 Å². The van der Waals surface area contributed by atoms with Gasteiger partial charge in [0.05, 0.1) is 22.9 Å². The molecular weight excluding hydrogens is 526 g/mol. The van der Waals surface area contributed by atoms with Crippen LogP contribution >= 0.6 is 0 Å². The average Bonchev–Trinajstić information content (AvgIpc) is 2.93. The van der Waals surface area contributed by atoms with Gasteiger partial charge in [0.15, 0.2) is 6.10 Å². The molecule has 5 rings (SSSR count). The fourth-order valence-corrected chi connectivity index (χ4v) is 7.75. The van der Waals surface area contributed by atoms with Gasteiger partial charge < -0.3 is 10.1 Å². The predicted molar refractivity (Wildman–Crippen MR) is 145 cm³/mol. The molecule has 1 atom stereocenters. The van der Waals surface area contributed by atoms with Crippen LogP contribution in [0, 0.1) is 0 Å². The van der Waals surface area contributed by atoms with Crippen molar-refractivity contribution >= 4 is 37.3 Å². The third kappa shape index (κ3) is 5.54. The number of amides is 1. The van der Waals surface area contributed by atoms with Gasteiger partial charge >= 0.3 is 0 Å². The molecule has 2 aliphatic rings. The van der Waals surface area contributed by atoms with Crippen LogP contribution in [0.4, 0.5) is 11.4 Å². The average molecular weight is 556 g/mol. The van der Waals surface area contributed by atoms with Crippen LogP contribution in [-0.4, -0.2) is 52.8 Å². The van der Waals surface area contributed by atoms with Crippen molar-refractivity contribution < 1.29 is 26.4 Å². The fraction of sp³-hybridized carbons (Fsp3) is 0.296. The summed E-state index contributed by atoms with van der Waals surface area (Å²) in [6, 6.07) is 21.5. The van der Waals surface area contributed by atoms with Crippen molar-refractivity contribution in [2.75, 3.05) is 29.3 Å². The van der Waals surface area contributed by atoms with Crippen LogP contribution in [0.25, 0.3) is 0 Å². The summed E-state index contributed by atoms with van der Waals surface area (Å²) < 4.78 is 61.2. The molecular formula is C27H29N3O6S2. The summed E-state index contributed by atoms with van der Waals surface area (Å²) in [5.41, 5.74) is 1.39. The molecule has 1 amide bonds. The predicted octanol–water partition coefficient (Wildman–Crippen LogP) is 3.60. The van der Waals surface area contributed by atoms with Crippen molar-refractivity contribution in [1.29, 1.82) is 0 Å². The number of anilines is 2. The largest absolute Gasteiger partial charge is 0.476 e. The van der Waals surface area contributed by atoms with E-state index in [9.17, 15) is 21.6 Å². The van der Waals surface area contributed by atoms with E-state index >= 15 is 0 Å². The second-order valence-electron chi connectivity index (χ2n) is 9.33. The van der Waals surface area contributed by atoms with E-state index in [1.807, 2.05) is 6.07 Å². The number of ether oxygens (including phenoxy) is 1. The first-order valence-electron chi connectivity index (χ1n) is 12.5. The Balaban J connectivity index is 1.32. The van der Waals surface area contributed by atoms with Crippen molar-refractivity contribution in [3.63, 3.8) is 0 Å². The van der Waals surface area contributed by atoms with Crippen LogP contribution in [0.5, 0.6) is 5.75 Å². The Morgan fingerprint density at radius 3 is 2.21 bits per heavy atom. The number of sulfonamides is 2. The Morgan fingerprint density at radius 1 is 0.842 bits per heavy atom.